The van der Waals surface area contributed by atoms with Crippen molar-refractivity contribution in [2.75, 3.05) is 31.8 Å². The zero-order chi connectivity index (χ0) is 11.1. The van der Waals surface area contributed by atoms with Crippen molar-refractivity contribution in [2.45, 2.75) is 6.42 Å². The Morgan fingerprint density at radius 1 is 1.27 bits per heavy atom. The van der Waals surface area contributed by atoms with Crippen molar-refractivity contribution in [1.29, 1.82) is 0 Å². The SMILES string of the molecule is COc1ccc(NCCCS)c(OC)c1. The normalized spacial score (nSPS) is 9.80. The lowest BCUT2D eigenvalue weighted by molar-refractivity contribution is 0.395. The monoisotopic (exact) mass is 227 g/mol. The molecule has 0 atom stereocenters. The van der Waals surface area contributed by atoms with E-state index < -0.39 is 0 Å². The quantitative estimate of drug-likeness (QED) is 0.578. The number of rotatable bonds is 6. The van der Waals surface area contributed by atoms with Crippen LogP contribution in [0.5, 0.6) is 11.5 Å². The molecule has 15 heavy (non-hydrogen) atoms. The Balaban J connectivity index is 2.69. The molecule has 3 nitrogen and oxygen atoms in total. The van der Waals surface area contributed by atoms with Crippen LogP contribution in [-0.4, -0.2) is 26.5 Å². The van der Waals surface area contributed by atoms with Gasteiger partial charge in [0, 0.05) is 12.6 Å². The zero-order valence-electron chi connectivity index (χ0n) is 9.12. The summed E-state index contributed by atoms with van der Waals surface area (Å²) in [7, 11) is 3.29. The summed E-state index contributed by atoms with van der Waals surface area (Å²) in [5, 5.41) is 3.29. The Hall–Kier alpha value is -1.03. The number of nitrogens with one attached hydrogen (secondary N) is 1. The molecule has 0 aromatic heterocycles. The molecule has 0 saturated heterocycles. The maximum Gasteiger partial charge on any atom is 0.145 e. The Morgan fingerprint density at radius 3 is 2.67 bits per heavy atom. The fraction of sp³-hybridized carbons (Fsp3) is 0.455. The minimum absolute atomic E-state index is 0.798. The lowest BCUT2D eigenvalue weighted by Crippen LogP contribution is -2.03. The summed E-state index contributed by atoms with van der Waals surface area (Å²) in [5.41, 5.74) is 0.986. The first-order valence-corrected chi connectivity index (χ1v) is 5.52. The molecule has 0 unspecified atom stereocenters. The molecule has 1 aromatic carbocycles. The minimum atomic E-state index is 0.798. The largest absolute Gasteiger partial charge is 0.497 e. The molecular formula is C11H17NO2S. The van der Waals surface area contributed by atoms with E-state index in [1.54, 1.807) is 14.2 Å². The zero-order valence-corrected chi connectivity index (χ0v) is 10.0. The highest BCUT2D eigenvalue weighted by molar-refractivity contribution is 7.80. The Labute approximate surface area is 96.2 Å². The number of thiol groups is 1. The minimum Gasteiger partial charge on any atom is -0.497 e. The number of methoxy groups -OCH3 is 2. The summed E-state index contributed by atoms with van der Waals surface area (Å²) in [6.07, 6.45) is 1.03. The third kappa shape index (κ3) is 3.55. The van der Waals surface area contributed by atoms with Gasteiger partial charge in [0.2, 0.25) is 0 Å². The maximum absolute atomic E-state index is 5.26. The van der Waals surface area contributed by atoms with Gasteiger partial charge in [-0.05, 0) is 24.3 Å². The van der Waals surface area contributed by atoms with Crippen molar-refractivity contribution in [3.05, 3.63) is 18.2 Å². The highest BCUT2D eigenvalue weighted by atomic mass is 32.1. The van der Waals surface area contributed by atoms with E-state index in [1.165, 1.54) is 0 Å². The fourth-order valence-electron chi connectivity index (χ4n) is 1.25. The average Bonchev–Trinajstić information content (AvgIpc) is 2.29. The average molecular weight is 227 g/mol. The molecule has 0 aliphatic carbocycles. The summed E-state index contributed by atoms with van der Waals surface area (Å²) in [4.78, 5) is 0. The van der Waals surface area contributed by atoms with Crippen LogP contribution in [0.3, 0.4) is 0 Å². The highest BCUT2D eigenvalue weighted by Gasteiger charge is 2.03. The van der Waals surface area contributed by atoms with E-state index in [1.807, 2.05) is 18.2 Å². The second kappa shape index (κ2) is 6.45. The van der Waals surface area contributed by atoms with Gasteiger partial charge in [0.15, 0.2) is 0 Å². The van der Waals surface area contributed by atoms with Crippen LogP contribution >= 0.6 is 12.6 Å². The smallest absolute Gasteiger partial charge is 0.145 e. The van der Waals surface area contributed by atoms with Crippen LogP contribution in [0.2, 0.25) is 0 Å². The van der Waals surface area contributed by atoms with E-state index in [4.69, 9.17) is 9.47 Å². The lowest BCUT2D eigenvalue weighted by atomic mass is 10.2. The Kier molecular flexibility index (Phi) is 5.18. The lowest BCUT2D eigenvalue weighted by Gasteiger charge is -2.11. The van der Waals surface area contributed by atoms with Crippen LogP contribution in [0.15, 0.2) is 18.2 Å². The third-order valence-corrected chi connectivity index (χ3v) is 2.38. The number of hydrogen-bond donors (Lipinski definition) is 2. The molecule has 0 saturated carbocycles. The molecule has 0 bridgehead atoms. The van der Waals surface area contributed by atoms with Crippen molar-refractivity contribution in [3.8, 4) is 11.5 Å². The van der Waals surface area contributed by atoms with E-state index in [2.05, 4.69) is 17.9 Å². The first kappa shape index (κ1) is 12.0. The number of hydrogen-bond acceptors (Lipinski definition) is 4. The van der Waals surface area contributed by atoms with Crippen molar-refractivity contribution in [3.63, 3.8) is 0 Å². The van der Waals surface area contributed by atoms with Gasteiger partial charge >= 0.3 is 0 Å². The molecule has 84 valence electrons. The van der Waals surface area contributed by atoms with Crippen molar-refractivity contribution >= 4 is 18.3 Å². The second-order valence-electron chi connectivity index (χ2n) is 3.07. The van der Waals surface area contributed by atoms with Gasteiger partial charge in [-0.15, -0.1) is 0 Å². The van der Waals surface area contributed by atoms with E-state index in [0.29, 0.717) is 0 Å². The molecule has 4 heteroatoms. The van der Waals surface area contributed by atoms with E-state index >= 15 is 0 Å². The molecule has 0 amide bonds. The van der Waals surface area contributed by atoms with Crippen LogP contribution in [0.1, 0.15) is 6.42 Å². The highest BCUT2D eigenvalue weighted by Crippen LogP contribution is 2.28. The summed E-state index contributed by atoms with van der Waals surface area (Å²) >= 11 is 4.16. The second-order valence-corrected chi connectivity index (χ2v) is 3.52. The molecule has 1 N–H and O–H groups in total. The van der Waals surface area contributed by atoms with Gasteiger partial charge in [0.05, 0.1) is 19.9 Å². The van der Waals surface area contributed by atoms with Crippen LogP contribution in [0.4, 0.5) is 5.69 Å². The summed E-state index contributed by atoms with van der Waals surface area (Å²) in [5.74, 6) is 2.48. The van der Waals surface area contributed by atoms with Gasteiger partial charge in [0.25, 0.3) is 0 Å². The summed E-state index contributed by atoms with van der Waals surface area (Å²) < 4.78 is 10.4. The van der Waals surface area contributed by atoms with E-state index in [9.17, 15) is 0 Å². The first-order chi connectivity index (χ1) is 7.31. The predicted octanol–water partition coefficient (Wildman–Crippen LogP) is 2.44. The summed E-state index contributed by atoms with van der Waals surface area (Å²) in [6, 6.07) is 5.73. The van der Waals surface area contributed by atoms with Gasteiger partial charge in [-0.25, -0.2) is 0 Å². The molecule has 0 spiro atoms. The van der Waals surface area contributed by atoms with Crippen LogP contribution in [0, 0.1) is 0 Å². The fourth-order valence-corrected chi connectivity index (χ4v) is 1.40. The summed E-state index contributed by atoms with van der Waals surface area (Å²) in [6.45, 7) is 0.895. The van der Waals surface area contributed by atoms with E-state index in [-0.39, 0.29) is 0 Å². The van der Waals surface area contributed by atoms with Crippen molar-refractivity contribution in [2.24, 2.45) is 0 Å². The van der Waals surface area contributed by atoms with Gasteiger partial charge < -0.3 is 14.8 Å². The topological polar surface area (TPSA) is 30.5 Å². The standard InChI is InChI=1S/C11H17NO2S/c1-13-9-4-5-10(11(8-9)14-2)12-6-3-7-15/h4-5,8,12,15H,3,6-7H2,1-2H3. The molecule has 0 radical (unpaired) electrons. The number of benzene rings is 1. The molecule has 1 rings (SSSR count). The molecular weight excluding hydrogens is 210 g/mol. The van der Waals surface area contributed by atoms with Gasteiger partial charge in [-0.2, -0.15) is 12.6 Å². The van der Waals surface area contributed by atoms with Crippen molar-refractivity contribution in [1.82, 2.24) is 0 Å². The number of anilines is 1. The van der Waals surface area contributed by atoms with Crippen LogP contribution in [0.25, 0.3) is 0 Å². The molecule has 1 aromatic rings. The van der Waals surface area contributed by atoms with Gasteiger partial charge in [-0.3, -0.25) is 0 Å². The molecule has 0 aliphatic heterocycles. The Bertz CT molecular complexity index is 305. The molecule has 0 aliphatic rings. The Morgan fingerprint density at radius 2 is 2.07 bits per heavy atom. The maximum atomic E-state index is 5.26. The molecule has 0 fully saturated rings. The molecule has 0 heterocycles. The van der Waals surface area contributed by atoms with Crippen LogP contribution in [-0.2, 0) is 0 Å². The third-order valence-electron chi connectivity index (χ3n) is 2.06. The van der Waals surface area contributed by atoms with Gasteiger partial charge in [-0.1, -0.05) is 0 Å². The van der Waals surface area contributed by atoms with E-state index in [0.717, 1.165) is 35.9 Å². The van der Waals surface area contributed by atoms with Crippen molar-refractivity contribution < 1.29 is 9.47 Å². The predicted molar refractivity (Wildman–Crippen MR) is 66.5 cm³/mol. The van der Waals surface area contributed by atoms with Crippen LogP contribution < -0.4 is 14.8 Å². The number of ether oxygens (including phenoxy) is 2. The van der Waals surface area contributed by atoms with Gasteiger partial charge in [0.1, 0.15) is 11.5 Å². The first-order valence-electron chi connectivity index (χ1n) is 4.88.